The van der Waals surface area contributed by atoms with Gasteiger partial charge >= 0.3 is 5.97 Å². The van der Waals surface area contributed by atoms with Gasteiger partial charge in [-0.05, 0) is 27.9 Å². The van der Waals surface area contributed by atoms with E-state index in [0.717, 1.165) is 10.9 Å². The molecule has 2 aromatic rings. The number of carbonyl (C=O) groups excluding carboxylic acids is 1. The molecule has 0 fully saturated rings. The Labute approximate surface area is 124 Å². The average Bonchev–Trinajstić information content (AvgIpc) is 2.73. The number of aromatic amines is 1. The molecule has 5 nitrogen and oxygen atoms in total. The summed E-state index contributed by atoms with van der Waals surface area (Å²) in [6, 6.07) is 6.55. The molecular weight excluding hydrogens is 324 g/mol. The van der Waals surface area contributed by atoms with Crippen LogP contribution in [0.2, 0.25) is 0 Å². The van der Waals surface area contributed by atoms with Crippen LogP contribution in [-0.2, 0) is 4.79 Å². The van der Waals surface area contributed by atoms with E-state index >= 15 is 0 Å². The second-order valence-electron chi connectivity index (χ2n) is 4.89. The number of amides is 1. The van der Waals surface area contributed by atoms with Crippen LogP contribution in [0.25, 0.3) is 10.9 Å². The fourth-order valence-corrected chi connectivity index (χ4v) is 2.62. The summed E-state index contributed by atoms with van der Waals surface area (Å²) in [5.41, 5.74) is 1.15. The van der Waals surface area contributed by atoms with Crippen molar-refractivity contribution in [2.45, 2.75) is 19.9 Å². The minimum absolute atomic E-state index is 0.195. The second-order valence-corrected chi connectivity index (χ2v) is 5.69. The van der Waals surface area contributed by atoms with E-state index in [9.17, 15) is 9.59 Å². The van der Waals surface area contributed by atoms with Gasteiger partial charge in [0.15, 0.2) is 0 Å². The summed E-state index contributed by atoms with van der Waals surface area (Å²) in [7, 11) is 0. The number of aliphatic carboxylic acids is 1. The first-order chi connectivity index (χ1) is 9.41. The number of carboxylic acid groups (broad SMARTS) is 1. The van der Waals surface area contributed by atoms with Crippen LogP contribution in [0.15, 0.2) is 28.7 Å². The molecule has 1 unspecified atom stereocenters. The van der Waals surface area contributed by atoms with Crippen molar-refractivity contribution in [3.8, 4) is 0 Å². The Morgan fingerprint density at radius 3 is 2.50 bits per heavy atom. The van der Waals surface area contributed by atoms with Crippen molar-refractivity contribution in [3.05, 3.63) is 34.4 Å². The fraction of sp³-hybridized carbons (Fsp3) is 0.286. The van der Waals surface area contributed by atoms with Gasteiger partial charge in [-0.25, -0.2) is 4.79 Å². The van der Waals surface area contributed by atoms with Gasteiger partial charge in [-0.1, -0.05) is 32.0 Å². The third-order valence-electron chi connectivity index (χ3n) is 3.09. The molecule has 1 aromatic heterocycles. The molecule has 20 heavy (non-hydrogen) atoms. The molecule has 0 aliphatic heterocycles. The summed E-state index contributed by atoms with van der Waals surface area (Å²) < 4.78 is 0.637. The number of nitrogens with one attached hydrogen (secondary N) is 2. The van der Waals surface area contributed by atoms with Crippen LogP contribution in [-0.4, -0.2) is 28.0 Å². The summed E-state index contributed by atoms with van der Waals surface area (Å²) in [6.07, 6.45) is 0. The monoisotopic (exact) mass is 338 g/mol. The molecule has 106 valence electrons. The SMILES string of the molecule is CC(C)C(NC(=O)c1[nH]c2ccccc2c1Br)C(=O)O. The zero-order valence-corrected chi connectivity index (χ0v) is 12.7. The van der Waals surface area contributed by atoms with Crippen molar-refractivity contribution in [3.63, 3.8) is 0 Å². The van der Waals surface area contributed by atoms with Crippen molar-refractivity contribution in [1.82, 2.24) is 10.3 Å². The number of carbonyl (C=O) groups is 2. The van der Waals surface area contributed by atoms with Gasteiger partial charge in [0.25, 0.3) is 5.91 Å². The Kier molecular flexibility index (Phi) is 4.13. The largest absolute Gasteiger partial charge is 0.480 e. The number of carboxylic acids is 1. The van der Waals surface area contributed by atoms with E-state index in [2.05, 4.69) is 26.2 Å². The molecule has 0 aliphatic carbocycles. The molecule has 1 heterocycles. The molecule has 0 bridgehead atoms. The number of fused-ring (bicyclic) bond motifs is 1. The first-order valence-electron chi connectivity index (χ1n) is 6.21. The Morgan fingerprint density at radius 2 is 1.95 bits per heavy atom. The molecular formula is C14H15BrN2O3. The average molecular weight is 339 g/mol. The minimum atomic E-state index is -1.04. The van der Waals surface area contributed by atoms with E-state index in [4.69, 9.17) is 5.11 Å². The molecule has 0 aliphatic rings. The number of benzene rings is 1. The summed E-state index contributed by atoms with van der Waals surface area (Å²) in [6.45, 7) is 3.50. The first-order valence-corrected chi connectivity index (χ1v) is 7.01. The zero-order chi connectivity index (χ0) is 14.9. The number of hydrogen-bond acceptors (Lipinski definition) is 2. The van der Waals surface area contributed by atoms with Gasteiger partial charge in [-0.15, -0.1) is 0 Å². The standard InChI is InChI=1S/C14H15BrN2O3/c1-7(2)11(14(19)20)17-13(18)12-10(15)8-5-3-4-6-9(8)16-12/h3-7,11,16H,1-2H3,(H,17,18)(H,19,20). The van der Waals surface area contributed by atoms with Crippen molar-refractivity contribution >= 4 is 38.7 Å². The number of rotatable bonds is 4. The van der Waals surface area contributed by atoms with Gasteiger partial charge in [0.2, 0.25) is 0 Å². The smallest absolute Gasteiger partial charge is 0.326 e. The molecule has 6 heteroatoms. The highest BCUT2D eigenvalue weighted by Gasteiger charge is 2.25. The first kappa shape index (κ1) is 14.6. The van der Waals surface area contributed by atoms with Crippen LogP contribution in [0.3, 0.4) is 0 Å². The Bertz CT molecular complexity index is 663. The summed E-state index contributed by atoms with van der Waals surface area (Å²) >= 11 is 3.38. The predicted molar refractivity (Wildman–Crippen MR) is 79.7 cm³/mol. The van der Waals surface area contributed by atoms with Crippen LogP contribution in [0.1, 0.15) is 24.3 Å². The number of halogens is 1. The van der Waals surface area contributed by atoms with Crippen LogP contribution in [0, 0.1) is 5.92 Å². The van der Waals surface area contributed by atoms with Crippen molar-refractivity contribution in [2.24, 2.45) is 5.92 Å². The number of para-hydroxylation sites is 1. The topological polar surface area (TPSA) is 82.2 Å². The molecule has 3 N–H and O–H groups in total. The highest BCUT2D eigenvalue weighted by molar-refractivity contribution is 9.10. The summed E-state index contributed by atoms with van der Waals surface area (Å²) in [4.78, 5) is 26.3. The van der Waals surface area contributed by atoms with Crippen LogP contribution in [0.4, 0.5) is 0 Å². The number of hydrogen-bond donors (Lipinski definition) is 3. The Hall–Kier alpha value is -1.82. The molecule has 0 radical (unpaired) electrons. The van der Waals surface area contributed by atoms with E-state index in [1.807, 2.05) is 24.3 Å². The summed E-state index contributed by atoms with van der Waals surface area (Å²) in [5.74, 6) is -1.67. The van der Waals surface area contributed by atoms with Crippen LogP contribution in [0.5, 0.6) is 0 Å². The normalized spacial score (nSPS) is 12.6. The van der Waals surface area contributed by atoms with Gasteiger partial charge in [0.1, 0.15) is 11.7 Å². The van der Waals surface area contributed by atoms with Gasteiger partial charge in [0.05, 0.1) is 4.47 Å². The predicted octanol–water partition coefficient (Wildman–Crippen LogP) is 2.77. The minimum Gasteiger partial charge on any atom is -0.480 e. The van der Waals surface area contributed by atoms with E-state index in [1.54, 1.807) is 13.8 Å². The van der Waals surface area contributed by atoms with Gasteiger partial charge < -0.3 is 15.4 Å². The molecule has 1 atom stereocenters. The van der Waals surface area contributed by atoms with E-state index in [1.165, 1.54) is 0 Å². The van der Waals surface area contributed by atoms with Gasteiger partial charge in [0, 0.05) is 10.9 Å². The lowest BCUT2D eigenvalue weighted by atomic mass is 10.0. The number of H-pyrrole nitrogens is 1. The van der Waals surface area contributed by atoms with Crippen molar-refractivity contribution in [2.75, 3.05) is 0 Å². The Morgan fingerprint density at radius 1 is 1.30 bits per heavy atom. The molecule has 0 spiro atoms. The third kappa shape index (κ3) is 2.70. The Balaban J connectivity index is 2.32. The molecule has 1 aromatic carbocycles. The van der Waals surface area contributed by atoms with Gasteiger partial charge in [-0.2, -0.15) is 0 Å². The highest BCUT2D eigenvalue weighted by atomic mass is 79.9. The quantitative estimate of drug-likeness (QED) is 0.801. The molecule has 1 amide bonds. The second kappa shape index (κ2) is 5.66. The third-order valence-corrected chi connectivity index (χ3v) is 3.91. The van der Waals surface area contributed by atoms with E-state index in [-0.39, 0.29) is 5.92 Å². The molecule has 2 rings (SSSR count). The fourth-order valence-electron chi connectivity index (χ4n) is 1.99. The maximum atomic E-state index is 12.2. The van der Waals surface area contributed by atoms with Gasteiger partial charge in [-0.3, -0.25) is 4.79 Å². The van der Waals surface area contributed by atoms with Crippen LogP contribution < -0.4 is 5.32 Å². The summed E-state index contributed by atoms with van der Waals surface area (Å²) in [5, 5.41) is 12.5. The van der Waals surface area contributed by atoms with Crippen LogP contribution >= 0.6 is 15.9 Å². The van der Waals surface area contributed by atoms with E-state index in [0.29, 0.717) is 10.2 Å². The molecule has 0 saturated heterocycles. The highest BCUT2D eigenvalue weighted by Crippen LogP contribution is 2.27. The molecule has 0 saturated carbocycles. The lowest BCUT2D eigenvalue weighted by molar-refractivity contribution is -0.140. The van der Waals surface area contributed by atoms with Crippen molar-refractivity contribution in [1.29, 1.82) is 0 Å². The van der Waals surface area contributed by atoms with Crippen molar-refractivity contribution < 1.29 is 14.7 Å². The lowest BCUT2D eigenvalue weighted by Gasteiger charge is -2.17. The maximum Gasteiger partial charge on any atom is 0.326 e. The maximum absolute atomic E-state index is 12.2. The zero-order valence-electron chi connectivity index (χ0n) is 11.1. The van der Waals surface area contributed by atoms with E-state index < -0.39 is 17.9 Å². The lowest BCUT2D eigenvalue weighted by Crippen LogP contribution is -2.44. The number of aromatic nitrogens is 1.